The third-order valence-corrected chi connectivity index (χ3v) is 6.34. The van der Waals surface area contributed by atoms with E-state index in [0.29, 0.717) is 32.4 Å². The number of rotatable bonds is 3. The van der Waals surface area contributed by atoms with Crippen molar-refractivity contribution < 1.29 is 17.6 Å². The van der Waals surface area contributed by atoms with Gasteiger partial charge in [-0.05, 0) is 43.5 Å². The highest BCUT2D eigenvalue weighted by molar-refractivity contribution is 7.89. The lowest BCUT2D eigenvalue weighted by Gasteiger charge is -2.36. The summed E-state index contributed by atoms with van der Waals surface area (Å²) in [5, 5.41) is 0. The second-order valence-electron chi connectivity index (χ2n) is 5.78. The molecule has 0 atom stereocenters. The zero-order chi connectivity index (χ0) is 15.7. The zero-order valence-electron chi connectivity index (χ0n) is 12.2. The van der Waals surface area contributed by atoms with Crippen molar-refractivity contribution in [3.63, 3.8) is 0 Å². The van der Waals surface area contributed by atoms with E-state index in [1.807, 2.05) is 4.90 Å². The van der Waals surface area contributed by atoms with Gasteiger partial charge < -0.3 is 4.90 Å². The molecule has 5 nitrogen and oxygen atoms in total. The fraction of sp³-hybridized carbons (Fsp3) is 0.533. The Kier molecular flexibility index (Phi) is 4.18. The van der Waals surface area contributed by atoms with Crippen LogP contribution in [0.3, 0.4) is 0 Å². The van der Waals surface area contributed by atoms with Gasteiger partial charge >= 0.3 is 0 Å². The van der Waals surface area contributed by atoms with Gasteiger partial charge in [0.2, 0.25) is 15.9 Å². The minimum Gasteiger partial charge on any atom is -0.340 e. The number of amides is 1. The van der Waals surface area contributed by atoms with Crippen LogP contribution in [-0.2, 0) is 14.8 Å². The van der Waals surface area contributed by atoms with Crippen molar-refractivity contribution in [2.24, 2.45) is 0 Å². The molecule has 2 aliphatic heterocycles. The molecule has 3 rings (SSSR count). The molecule has 0 saturated carbocycles. The van der Waals surface area contributed by atoms with Crippen LogP contribution in [0.5, 0.6) is 0 Å². The smallest absolute Gasteiger partial charge is 0.243 e. The van der Waals surface area contributed by atoms with Crippen LogP contribution in [0.1, 0.15) is 25.7 Å². The Labute approximate surface area is 129 Å². The first kappa shape index (κ1) is 15.4. The van der Waals surface area contributed by atoms with Gasteiger partial charge in [0.05, 0.1) is 4.90 Å². The SMILES string of the molecule is O=C1CCCN1C1CCN(S(=O)(=O)c2ccc(F)cc2)CC1. The normalized spacial score (nSPS) is 21.5. The van der Waals surface area contributed by atoms with Gasteiger partial charge in [-0.3, -0.25) is 4.79 Å². The minimum atomic E-state index is -3.58. The van der Waals surface area contributed by atoms with Crippen LogP contribution in [0.2, 0.25) is 0 Å². The van der Waals surface area contributed by atoms with E-state index in [-0.39, 0.29) is 16.8 Å². The largest absolute Gasteiger partial charge is 0.340 e. The summed E-state index contributed by atoms with van der Waals surface area (Å²) >= 11 is 0. The van der Waals surface area contributed by atoms with E-state index in [4.69, 9.17) is 0 Å². The van der Waals surface area contributed by atoms with Crippen molar-refractivity contribution in [3.05, 3.63) is 30.1 Å². The summed E-state index contributed by atoms with van der Waals surface area (Å²) in [6.07, 6.45) is 2.82. The first-order chi connectivity index (χ1) is 10.5. The molecule has 2 saturated heterocycles. The second-order valence-corrected chi connectivity index (χ2v) is 7.72. The van der Waals surface area contributed by atoms with Crippen molar-refractivity contribution in [1.29, 1.82) is 0 Å². The third kappa shape index (κ3) is 2.87. The van der Waals surface area contributed by atoms with Crippen molar-refractivity contribution in [2.75, 3.05) is 19.6 Å². The summed E-state index contributed by atoms with van der Waals surface area (Å²) < 4.78 is 39.4. The number of nitrogens with zero attached hydrogens (tertiary/aromatic N) is 2. The average molecular weight is 326 g/mol. The van der Waals surface area contributed by atoms with E-state index in [1.54, 1.807) is 0 Å². The Hall–Kier alpha value is -1.47. The lowest BCUT2D eigenvalue weighted by atomic mass is 10.1. The molecule has 1 amide bonds. The van der Waals surface area contributed by atoms with Gasteiger partial charge in [-0.15, -0.1) is 0 Å². The summed E-state index contributed by atoms with van der Waals surface area (Å²) in [5.41, 5.74) is 0. The van der Waals surface area contributed by atoms with Crippen LogP contribution >= 0.6 is 0 Å². The number of benzene rings is 1. The van der Waals surface area contributed by atoms with E-state index in [0.717, 1.165) is 25.1 Å². The number of piperidine rings is 1. The molecule has 0 bridgehead atoms. The maximum atomic E-state index is 12.9. The van der Waals surface area contributed by atoms with E-state index in [1.165, 1.54) is 16.4 Å². The highest BCUT2D eigenvalue weighted by atomic mass is 32.2. The summed E-state index contributed by atoms with van der Waals surface area (Å²) in [5.74, 6) is -0.273. The molecule has 0 aliphatic carbocycles. The fourth-order valence-corrected chi connectivity index (χ4v) is 4.67. The number of hydrogen-bond donors (Lipinski definition) is 0. The van der Waals surface area contributed by atoms with Gasteiger partial charge in [-0.1, -0.05) is 0 Å². The number of hydrogen-bond acceptors (Lipinski definition) is 3. The van der Waals surface area contributed by atoms with Crippen LogP contribution < -0.4 is 0 Å². The molecule has 0 aromatic heterocycles. The molecule has 2 fully saturated rings. The van der Waals surface area contributed by atoms with Crippen LogP contribution in [0.4, 0.5) is 4.39 Å². The Balaban J connectivity index is 1.68. The summed E-state index contributed by atoms with van der Waals surface area (Å²) in [6.45, 7) is 1.58. The predicted octanol–water partition coefficient (Wildman–Crippen LogP) is 1.60. The Morgan fingerprint density at radius 2 is 1.68 bits per heavy atom. The van der Waals surface area contributed by atoms with Gasteiger partial charge in [-0.2, -0.15) is 4.31 Å². The monoisotopic (exact) mass is 326 g/mol. The van der Waals surface area contributed by atoms with Gasteiger partial charge in [-0.25, -0.2) is 12.8 Å². The third-order valence-electron chi connectivity index (χ3n) is 4.43. The highest BCUT2D eigenvalue weighted by Gasteiger charge is 2.34. The number of carbonyl (C=O) groups is 1. The topological polar surface area (TPSA) is 57.7 Å². The standard InChI is InChI=1S/C15H19FN2O3S/c16-12-3-5-14(6-4-12)22(20,21)17-10-7-13(8-11-17)18-9-1-2-15(18)19/h3-6,13H,1-2,7-11H2. The number of carbonyl (C=O) groups excluding carboxylic acids is 1. The van der Waals surface area contributed by atoms with Crippen LogP contribution in [-0.4, -0.2) is 49.2 Å². The van der Waals surface area contributed by atoms with Crippen LogP contribution in [0.25, 0.3) is 0 Å². The summed E-state index contributed by atoms with van der Waals surface area (Å²) in [4.78, 5) is 13.8. The van der Waals surface area contributed by atoms with Crippen molar-refractivity contribution >= 4 is 15.9 Å². The number of sulfonamides is 1. The Morgan fingerprint density at radius 1 is 1.05 bits per heavy atom. The lowest BCUT2D eigenvalue weighted by molar-refractivity contribution is -0.130. The molecule has 120 valence electrons. The summed E-state index contributed by atoms with van der Waals surface area (Å²) in [7, 11) is -3.58. The molecule has 0 N–H and O–H groups in total. The van der Waals surface area contributed by atoms with Gasteiger partial charge in [0.1, 0.15) is 5.82 Å². The molecule has 7 heteroatoms. The molecule has 2 aliphatic rings. The first-order valence-electron chi connectivity index (χ1n) is 7.54. The summed E-state index contributed by atoms with van der Waals surface area (Å²) in [6, 6.07) is 5.04. The second kappa shape index (κ2) is 5.96. The molecule has 1 aromatic rings. The molecular weight excluding hydrogens is 307 g/mol. The predicted molar refractivity (Wildman–Crippen MR) is 79.1 cm³/mol. The van der Waals surface area contributed by atoms with Crippen LogP contribution in [0.15, 0.2) is 29.2 Å². The quantitative estimate of drug-likeness (QED) is 0.848. The molecule has 0 unspecified atom stereocenters. The molecule has 2 heterocycles. The molecule has 0 radical (unpaired) electrons. The maximum absolute atomic E-state index is 12.9. The number of halogens is 1. The maximum Gasteiger partial charge on any atom is 0.243 e. The molecular formula is C15H19FN2O3S. The van der Waals surface area contributed by atoms with Crippen molar-refractivity contribution in [1.82, 2.24) is 9.21 Å². The van der Waals surface area contributed by atoms with E-state index >= 15 is 0 Å². The van der Waals surface area contributed by atoms with Crippen LogP contribution in [0, 0.1) is 5.82 Å². The zero-order valence-corrected chi connectivity index (χ0v) is 13.1. The van der Waals surface area contributed by atoms with E-state index in [2.05, 4.69) is 0 Å². The molecule has 22 heavy (non-hydrogen) atoms. The minimum absolute atomic E-state index is 0.115. The molecule has 1 aromatic carbocycles. The highest BCUT2D eigenvalue weighted by Crippen LogP contribution is 2.25. The molecule has 0 spiro atoms. The fourth-order valence-electron chi connectivity index (χ4n) is 3.20. The van der Waals surface area contributed by atoms with Gasteiger partial charge in [0.25, 0.3) is 0 Å². The Morgan fingerprint density at radius 3 is 2.23 bits per heavy atom. The van der Waals surface area contributed by atoms with Gasteiger partial charge in [0.15, 0.2) is 0 Å². The van der Waals surface area contributed by atoms with Gasteiger partial charge in [0, 0.05) is 32.1 Å². The number of likely N-dealkylation sites (tertiary alicyclic amines) is 1. The first-order valence-corrected chi connectivity index (χ1v) is 8.98. The van der Waals surface area contributed by atoms with Crippen molar-refractivity contribution in [3.8, 4) is 0 Å². The average Bonchev–Trinajstić information content (AvgIpc) is 2.94. The van der Waals surface area contributed by atoms with E-state index in [9.17, 15) is 17.6 Å². The lowest BCUT2D eigenvalue weighted by Crippen LogP contribution is -2.47. The van der Waals surface area contributed by atoms with Crippen molar-refractivity contribution in [2.45, 2.75) is 36.6 Å². The van der Waals surface area contributed by atoms with E-state index < -0.39 is 15.8 Å². The Bertz CT molecular complexity index is 652.